The number of hydrogen-bond acceptors (Lipinski definition) is 3. The summed E-state index contributed by atoms with van der Waals surface area (Å²) in [5.74, 6) is -0.903. The predicted molar refractivity (Wildman–Crippen MR) is 125 cm³/mol. The summed E-state index contributed by atoms with van der Waals surface area (Å²) in [6.07, 6.45) is 3.99. The van der Waals surface area contributed by atoms with Crippen LogP contribution >= 0.6 is 0 Å². The molecule has 2 heterocycles. The smallest absolute Gasteiger partial charge is 0.268 e. The fourth-order valence-electron chi connectivity index (χ4n) is 5.04. The number of amides is 1. The number of nitrogens with zero attached hydrogens (tertiary/aromatic N) is 2. The topological polar surface area (TPSA) is 59.4 Å². The monoisotopic (exact) mass is 444 g/mol. The van der Waals surface area contributed by atoms with Gasteiger partial charge in [0.2, 0.25) is 0 Å². The Morgan fingerprint density at radius 2 is 1.73 bits per heavy atom. The van der Waals surface area contributed by atoms with Gasteiger partial charge in [0, 0.05) is 36.1 Å². The Bertz CT molecular complexity index is 1340. The molecule has 0 saturated carbocycles. The molecule has 1 amide bonds. The van der Waals surface area contributed by atoms with Crippen molar-refractivity contribution in [2.75, 3.05) is 11.4 Å². The van der Waals surface area contributed by atoms with Crippen LogP contribution in [-0.2, 0) is 12.8 Å². The van der Waals surface area contributed by atoms with Gasteiger partial charge in [0.05, 0.1) is 0 Å². The van der Waals surface area contributed by atoms with Crippen LogP contribution in [0.15, 0.2) is 59.5 Å². The zero-order valence-electron chi connectivity index (χ0n) is 18.7. The van der Waals surface area contributed by atoms with Crippen LogP contribution in [0.2, 0.25) is 0 Å². The summed E-state index contributed by atoms with van der Waals surface area (Å²) in [7, 11) is 0. The molecule has 1 aromatic heterocycles. The summed E-state index contributed by atoms with van der Waals surface area (Å²) in [6, 6.07) is 13.2. The second-order valence-electron chi connectivity index (χ2n) is 9.68. The first kappa shape index (κ1) is 21.3. The maximum atomic E-state index is 14.0. The number of carbonyl (C=O) groups is 2. The van der Waals surface area contributed by atoms with E-state index in [0.29, 0.717) is 36.2 Å². The maximum absolute atomic E-state index is 14.0. The number of fused-ring (bicyclic) bond motifs is 2. The van der Waals surface area contributed by atoms with Crippen LogP contribution in [0.4, 0.5) is 10.1 Å². The highest BCUT2D eigenvalue weighted by atomic mass is 19.1. The van der Waals surface area contributed by atoms with E-state index in [1.807, 2.05) is 38.1 Å². The number of hydrogen-bond donors (Lipinski definition) is 0. The molecular weight excluding hydrogens is 419 g/mol. The van der Waals surface area contributed by atoms with Gasteiger partial charge in [-0.05, 0) is 66.1 Å². The van der Waals surface area contributed by atoms with Crippen molar-refractivity contribution in [2.45, 2.75) is 39.5 Å². The Labute approximate surface area is 191 Å². The molecular formula is C27H25FN2O3. The molecule has 0 fully saturated rings. The van der Waals surface area contributed by atoms with Crippen LogP contribution in [0.25, 0.3) is 5.69 Å². The second kappa shape index (κ2) is 7.80. The molecule has 2 aliphatic rings. The van der Waals surface area contributed by atoms with Crippen molar-refractivity contribution < 1.29 is 14.0 Å². The molecule has 0 N–H and O–H groups in total. The highest BCUT2D eigenvalue weighted by Gasteiger charge is 2.37. The third kappa shape index (κ3) is 3.69. The van der Waals surface area contributed by atoms with Gasteiger partial charge in [-0.1, -0.05) is 32.0 Å². The number of aryl methyl sites for hydroxylation is 1. The molecule has 0 spiro atoms. The van der Waals surface area contributed by atoms with Crippen molar-refractivity contribution in [2.24, 2.45) is 5.41 Å². The van der Waals surface area contributed by atoms with E-state index in [0.717, 1.165) is 24.1 Å². The van der Waals surface area contributed by atoms with Crippen molar-refractivity contribution in [3.05, 3.63) is 93.2 Å². The van der Waals surface area contributed by atoms with Crippen molar-refractivity contribution >= 4 is 17.4 Å². The van der Waals surface area contributed by atoms with Crippen molar-refractivity contribution in [3.63, 3.8) is 0 Å². The van der Waals surface area contributed by atoms with Gasteiger partial charge in [0.15, 0.2) is 5.78 Å². The molecule has 5 nitrogen and oxygen atoms in total. The van der Waals surface area contributed by atoms with Crippen LogP contribution in [0.1, 0.15) is 58.5 Å². The molecule has 5 rings (SSSR count). The molecule has 168 valence electrons. The van der Waals surface area contributed by atoms with Gasteiger partial charge in [-0.25, -0.2) is 4.39 Å². The minimum absolute atomic E-state index is 0.0367. The number of aromatic nitrogens is 1. The van der Waals surface area contributed by atoms with Crippen molar-refractivity contribution in [1.82, 2.24) is 4.57 Å². The van der Waals surface area contributed by atoms with Crippen LogP contribution in [0, 0.1) is 11.2 Å². The van der Waals surface area contributed by atoms with E-state index in [1.165, 1.54) is 35.0 Å². The number of pyridine rings is 1. The summed E-state index contributed by atoms with van der Waals surface area (Å²) in [5.41, 5.74) is 2.40. The van der Waals surface area contributed by atoms with Crippen LogP contribution in [0.5, 0.6) is 0 Å². The van der Waals surface area contributed by atoms with E-state index in [9.17, 15) is 18.8 Å². The predicted octanol–water partition coefficient (Wildman–Crippen LogP) is 4.72. The molecule has 0 radical (unpaired) electrons. The van der Waals surface area contributed by atoms with E-state index in [2.05, 4.69) is 0 Å². The zero-order chi connectivity index (χ0) is 23.3. The van der Waals surface area contributed by atoms with Gasteiger partial charge in [-0.15, -0.1) is 0 Å². The number of anilines is 1. The fourth-order valence-corrected chi connectivity index (χ4v) is 5.04. The highest BCUT2D eigenvalue weighted by Crippen LogP contribution is 2.37. The summed E-state index contributed by atoms with van der Waals surface area (Å²) in [6.45, 7) is 4.46. The van der Waals surface area contributed by atoms with E-state index in [4.69, 9.17) is 0 Å². The van der Waals surface area contributed by atoms with E-state index >= 15 is 0 Å². The molecule has 0 unspecified atom stereocenters. The van der Waals surface area contributed by atoms with Crippen LogP contribution in [0.3, 0.4) is 0 Å². The van der Waals surface area contributed by atoms with Crippen LogP contribution < -0.4 is 10.5 Å². The first-order valence-electron chi connectivity index (χ1n) is 11.2. The third-order valence-electron chi connectivity index (χ3n) is 6.59. The summed E-state index contributed by atoms with van der Waals surface area (Å²) in [5, 5.41) is 0. The lowest BCUT2D eigenvalue weighted by atomic mass is 9.73. The zero-order valence-corrected chi connectivity index (χ0v) is 18.7. The first-order valence-corrected chi connectivity index (χ1v) is 11.2. The highest BCUT2D eigenvalue weighted by molar-refractivity contribution is 6.10. The number of rotatable bonds is 2. The van der Waals surface area contributed by atoms with Crippen LogP contribution in [-0.4, -0.2) is 22.8 Å². The summed E-state index contributed by atoms with van der Waals surface area (Å²) >= 11 is 0. The lowest BCUT2D eigenvalue weighted by Crippen LogP contribution is -2.42. The standard InChI is InChI=1S/C27H25FN2O3/c1-27(2)14-20-21(23(31)15-27)16-30(19-11-9-18(28)10-12-19)26(33)24(20)25(32)29-13-5-7-17-6-3-4-8-22(17)29/h3-4,6,8-12,16H,5,7,13-15H2,1-2H3. The quantitative estimate of drug-likeness (QED) is 0.575. The Morgan fingerprint density at radius 3 is 2.48 bits per heavy atom. The van der Waals surface area contributed by atoms with Gasteiger partial charge >= 0.3 is 0 Å². The number of para-hydroxylation sites is 1. The summed E-state index contributed by atoms with van der Waals surface area (Å²) < 4.78 is 14.8. The van der Waals surface area contributed by atoms with Gasteiger partial charge in [-0.3, -0.25) is 19.0 Å². The maximum Gasteiger partial charge on any atom is 0.268 e. The van der Waals surface area contributed by atoms with E-state index in [1.54, 1.807) is 4.90 Å². The summed E-state index contributed by atoms with van der Waals surface area (Å²) in [4.78, 5) is 42.5. The lowest BCUT2D eigenvalue weighted by molar-refractivity contribution is 0.0910. The number of ketones is 1. The largest absolute Gasteiger partial charge is 0.308 e. The minimum atomic E-state index is -0.487. The number of carbonyl (C=O) groups excluding carboxylic acids is 2. The Kier molecular flexibility index (Phi) is 5.04. The van der Waals surface area contributed by atoms with E-state index < -0.39 is 11.4 Å². The molecule has 0 atom stereocenters. The lowest BCUT2D eigenvalue weighted by Gasteiger charge is -2.34. The van der Waals surface area contributed by atoms with Gasteiger partial charge in [0.1, 0.15) is 11.4 Å². The van der Waals surface area contributed by atoms with Gasteiger partial charge in [-0.2, -0.15) is 0 Å². The molecule has 6 heteroatoms. The molecule has 0 bridgehead atoms. The average molecular weight is 445 g/mol. The average Bonchev–Trinajstić information content (AvgIpc) is 2.78. The minimum Gasteiger partial charge on any atom is -0.308 e. The van der Waals surface area contributed by atoms with Crippen molar-refractivity contribution in [1.29, 1.82) is 0 Å². The molecule has 2 aromatic carbocycles. The third-order valence-corrected chi connectivity index (χ3v) is 6.59. The second-order valence-corrected chi connectivity index (χ2v) is 9.68. The molecule has 0 saturated heterocycles. The Balaban J connectivity index is 1.74. The SMILES string of the molecule is CC1(C)CC(=O)c2cn(-c3ccc(F)cc3)c(=O)c(C(=O)N3CCCc4ccccc43)c2C1. The Hall–Kier alpha value is -3.54. The Morgan fingerprint density at radius 1 is 1.00 bits per heavy atom. The van der Waals surface area contributed by atoms with Crippen molar-refractivity contribution in [3.8, 4) is 5.69 Å². The van der Waals surface area contributed by atoms with Gasteiger partial charge < -0.3 is 4.90 Å². The molecule has 1 aliphatic heterocycles. The fraction of sp³-hybridized carbons (Fsp3) is 0.296. The number of Topliss-reactive ketones (excluding diaryl/α,β-unsaturated/α-hetero) is 1. The molecule has 1 aliphatic carbocycles. The number of benzene rings is 2. The van der Waals surface area contributed by atoms with Gasteiger partial charge in [0.25, 0.3) is 11.5 Å². The molecule has 33 heavy (non-hydrogen) atoms. The first-order chi connectivity index (χ1) is 15.7. The number of halogens is 1. The van der Waals surface area contributed by atoms with E-state index in [-0.39, 0.29) is 22.7 Å². The molecule has 3 aromatic rings. The normalized spacial score (nSPS) is 16.8.